The van der Waals surface area contributed by atoms with Gasteiger partial charge in [-0.25, -0.2) is 19.8 Å². The second-order valence-corrected chi connectivity index (χ2v) is 4.01. The van der Waals surface area contributed by atoms with Crippen LogP contribution in [-0.2, 0) is 4.79 Å². The molecule has 0 aliphatic carbocycles. The van der Waals surface area contributed by atoms with Crippen molar-refractivity contribution in [3.8, 4) is 0 Å². The van der Waals surface area contributed by atoms with Crippen LogP contribution in [0, 0.1) is 0 Å². The van der Waals surface area contributed by atoms with Crippen LogP contribution in [0.3, 0.4) is 0 Å². The first kappa shape index (κ1) is 11.5. The summed E-state index contributed by atoms with van der Waals surface area (Å²) in [5.41, 5.74) is -0.498. The van der Waals surface area contributed by atoms with Crippen LogP contribution in [0.15, 0.2) is 34.9 Å². The molecule has 0 spiro atoms. The van der Waals surface area contributed by atoms with E-state index in [4.69, 9.17) is 16.7 Å². The topological polar surface area (TPSA) is 87.5 Å². The van der Waals surface area contributed by atoms with Crippen molar-refractivity contribution < 1.29 is 9.90 Å². The van der Waals surface area contributed by atoms with Crippen molar-refractivity contribution in [2.45, 2.75) is 12.6 Å². The Morgan fingerprint density at radius 2 is 2.12 bits per heavy atom. The average Bonchev–Trinajstić information content (AvgIpc) is 2.33. The lowest BCUT2D eigenvalue weighted by Crippen LogP contribution is -2.48. The number of carboxylic acid groups (broad SMARTS) is 1. The van der Waals surface area contributed by atoms with Gasteiger partial charge in [-0.05, 0) is 6.92 Å². The highest BCUT2D eigenvalue weighted by atomic mass is 35.5. The lowest BCUT2D eigenvalue weighted by molar-refractivity contribution is -0.143. The Morgan fingerprint density at radius 1 is 1.47 bits per heavy atom. The Labute approximate surface area is 102 Å². The molecule has 1 aliphatic heterocycles. The lowest BCUT2D eigenvalue weighted by atomic mass is 10.1. The van der Waals surface area contributed by atoms with E-state index in [1.807, 2.05) is 0 Å². The summed E-state index contributed by atoms with van der Waals surface area (Å²) >= 11 is 5.97. The molecule has 1 atom stereocenters. The summed E-state index contributed by atoms with van der Waals surface area (Å²) in [7, 11) is 0. The normalized spacial score (nSPS) is 23.4. The summed E-state index contributed by atoms with van der Waals surface area (Å²) in [4.78, 5) is 22.9. The molecule has 0 amide bonds. The fourth-order valence-electron chi connectivity index (χ4n) is 1.31. The standard InChI is InChI=1S/C10H9ClN4O2/c1-10(9(16)17)14-4-7(11)8(15-10)6-2-12-5-13-3-6/h2-5,14H,1H3,(H,16,17). The summed E-state index contributed by atoms with van der Waals surface area (Å²) < 4.78 is 0. The van der Waals surface area contributed by atoms with E-state index in [0.29, 0.717) is 16.3 Å². The van der Waals surface area contributed by atoms with Crippen molar-refractivity contribution in [2.75, 3.05) is 0 Å². The fourth-order valence-corrected chi connectivity index (χ4v) is 1.52. The first-order chi connectivity index (χ1) is 8.03. The Bertz CT molecular complexity index is 514. The van der Waals surface area contributed by atoms with Gasteiger partial charge in [0.15, 0.2) is 0 Å². The van der Waals surface area contributed by atoms with Gasteiger partial charge < -0.3 is 10.4 Å². The number of allylic oxidation sites excluding steroid dienone is 1. The third-order valence-electron chi connectivity index (χ3n) is 2.29. The number of halogens is 1. The molecule has 0 saturated heterocycles. The van der Waals surface area contributed by atoms with Gasteiger partial charge in [0.2, 0.25) is 5.66 Å². The zero-order valence-electron chi connectivity index (χ0n) is 8.88. The maximum absolute atomic E-state index is 11.1. The average molecular weight is 253 g/mol. The van der Waals surface area contributed by atoms with Crippen LogP contribution in [0.25, 0.3) is 0 Å². The van der Waals surface area contributed by atoms with E-state index in [2.05, 4.69) is 20.3 Å². The second-order valence-electron chi connectivity index (χ2n) is 3.60. The Hall–Kier alpha value is -1.95. The van der Waals surface area contributed by atoms with Gasteiger partial charge in [0.1, 0.15) is 6.33 Å². The monoisotopic (exact) mass is 252 g/mol. The van der Waals surface area contributed by atoms with Gasteiger partial charge in [-0.15, -0.1) is 0 Å². The largest absolute Gasteiger partial charge is 0.478 e. The number of aromatic nitrogens is 2. The van der Waals surface area contributed by atoms with Crippen molar-refractivity contribution in [1.82, 2.24) is 15.3 Å². The van der Waals surface area contributed by atoms with Crippen molar-refractivity contribution in [2.24, 2.45) is 4.99 Å². The number of hydrogen-bond acceptors (Lipinski definition) is 5. The van der Waals surface area contributed by atoms with Crippen LogP contribution in [0.2, 0.25) is 0 Å². The molecule has 0 fully saturated rings. The minimum Gasteiger partial charge on any atom is -0.478 e. The summed E-state index contributed by atoms with van der Waals surface area (Å²) in [5, 5.41) is 12.0. The van der Waals surface area contributed by atoms with Crippen molar-refractivity contribution in [1.29, 1.82) is 0 Å². The predicted octanol–water partition coefficient (Wildman–Crippen LogP) is 0.750. The van der Waals surface area contributed by atoms with E-state index in [0.717, 1.165) is 0 Å². The Kier molecular flexibility index (Phi) is 2.81. The van der Waals surface area contributed by atoms with Crippen LogP contribution in [-0.4, -0.2) is 32.4 Å². The second kappa shape index (κ2) is 4.14. The van der Waals surface area contributed by atoms with Crippen LogP contribution in [0.4, 0.5) is 0 Å². The molecule has 0 saturated carbocycles. The molecular formula is C10H9ClN4O2. The molecular weight excluding hydrogens is 244 g/mol. The van der Waals surface area contributed by atoms with Crippen LogP contribution in [0.5, 0.6) is 0 Å². The highest BCUT2D eigenvalue weighted by Crippen LogP contribution is 2.21. The number of aliphatic imine (C=N–C) groups is 1. The number of nitrogens with one attached hydrogen (secondary N) is 1. The number of aliphatic carboxylic acids is 1. The minimum atomic E-state index is -1.43. The van der Waals surface area contributed by atoms with Gasteiger partial charge in [-0.3, -0.25) is 0 Å². The zero-order chi connectivity index (χ0) is 12.5. The first-order valence-corrected chi connectivity index (χ1v) is 5.13. The van der Waals surface area contributed by atoms with Gasteiger partial charge >= 0.3 is 5.97 Å². The highest BCUT2D eigenvalue weighted by Gasteiger charge is 2.35. The number of hydrogen-bond donors (Lipinski definition) is 2. The van der Waals surface area contributed by atoms with Gasteiger partial charge in [-0.1, -0.05) is 11.6 Å². The molecule has 0 aromatic carbocycles. The van der Waals surface area contributed by atoms with Crippen LogP contribution in [0.1, 0.15) is 12.5 Å². The molecule has 2 rings (SSSR count). The third kappa shape index (κ3) is 2.12. The van der Waals surface area contributed by atoms with E-state index in [-0.39, 0.29) is 0 Å². The van der Waals surface area contributed by atoms with Crippen molar-refractivity contribution in [3.63, 3.8) is 0 Å². The van der Waals surface area contributed by atoms with Gasteiger partial charge in [0, 0.05) is 24.2 Å². The number of nitrogens with zero attached hydrogens (tertiary/aromatic N) is 3. The number of rotatable bonds is 2. The van der Waals surface area contributed by atoms with Crippen LogP contribution < -0.4 is 5.32 Å². The lowest BCUT2D eigenvalue weighted by Gasteiger charge is -2.26. The molecule has 6 nitrogen and oxygen atoms in total. The summed E-state index contributed by atoms with van der Waals surface area (Å²) in [5.74, 6) is -1.09. The van der Waals surface area contributed by atoms with E-state index < -0.39 is 11.6 Å². The molecule has 0 radical (unpaired) electrons. The van der Waals surface area contributed by atoms with Crippen LogP contribution >= 0.6 is 11.6 Å². The molecule has 1 aromatic rings. The van der Waals surface area contributed by atoms with E-state index >= 15 is 0 Å². The zero-order valence-corrected chi connectivity index (χ0v) is 9.64. The molecule has 17 heavy (non-hydrogen) atoms. The van der Waals surface area contributed by atoms with Gasteiger partial charge in [-0.2, -0.15) is 0 Å². The van der Waals surface area contributed by atoms with Gasteiger partial charge in [0.25, 0.3) is 0 Å². The molecule has 2 N–H and O–H groups in total. The Morgan fingerprint density at radius 3 is 2.71 bits per heavy atom. The molecule has 1 unspecified atom stereocenters. The summed E-state index contributed by atoms with van der Waals surface area (Å²) in [6.45, 7) is 1.44. The van der Waals surface area contributed by atoms with Gasteiger partial charge in [0.05, 0.1) is 10.7 Å². The third-order valence-corrected chi connectivity index (χ3v) is 2.58. The number of carboxylic acids is 1. The minimum absolute atomic E-state index is 0.318. The van der Waals surface area contributed by atoms with E-state index in [1.54, 1.807) is 0 Å². The van der Waals surface area contributed by atoms with Crippen molar-refractivity contribution in [3.05, 3.63) is 35.5 Å². The molecule has 2 heterocycles. The maximum Gasteiger partial charge on any atom is 0.352 e. The maximum atomic E-state index is 11.1. The molecule has 1 aromatic heterocycles. The van der Waals surface area contributed by atoms with E-state index in [9.17, 15) is 4.79 Å². The molecule has 0 bridgehead atoms. The molecule has 88 valence electrons. The van der Waals surface area contributed by atoms with Crippen molar-refractivity contribution >= 4 is 23.3 Å². The molecule has 1 aliphatic rings. The fraction of sp³-hybridized carbons (Fsp3) is 0.200. The number of carbonyl (C=O) groups is 1. The predicted molar refractivity (Wildman–Crippen MR) is 61.7 cm³/mol. The Balaban J connectivity index is 2.47. The molecule has 7 heteroatoms. The summed E-state index contributed by atoms with van der Waals surface area (Å²) in [6, 6.07) is 0. The SMILES string of the molecule is CC1(C(=O)O)N=C(c2cncnc2)C(Cl)=CN1. The smallest absolute Gasteiger partial charge is 0.352 e. The summed E-state index contributed by atoms with van der Waals surface area (Å²) in [6.07, 6.45) is 5.83. The quantitative estimate of drug-likeness (QED) is 0.811. The highest BCUT2D eigenvalue weighted by molar-refractivity contribution is 6.46. The van der Waals surface area contributed by atoms with E-state index in [1.165, 1.54) is 31.8 Å². The first-order valence-electron chi connectivity index (χ1n) is 4.75.